The van der Waals surface area contributed by atoms with E-state index in [1.807, 2.05) is 31.2 Å². The highest BCUT2D eigenvalue weighted by molar-refractivity contribution is 14.1. The van der Waals surface area contributed by atoms with Crippen molar-refractivity contribution < 1.29 is 4.74 Å². The number of benzene rings is 2. The zero-order chi connectivity index (χ0) is 13.0. The number of ether oxygens (including phenoxy) is 1. The molecule has 0 atom stereocenters. The summed E-state index contributed by atoms with van der Waals surface area (Å²) in [7, 11) is 0. The predicted molar refractivity (Wildman–Crippen MR) is 84.6 cm³/mol. The zero-order valence-electron chi connectivity index (χ0n) is 10.1. The Labute approximate surface area is 126 Å². The summed E-state index contributed by atoms with van der Waals surface area (Å²) in [5.74, 6) is 0.912. The van der Waals surface area contributed by atoms with Crippen LogP contribution in [-0.4, -0.2) is 6.61 Å². The van der Waals surface area contributed by atoms with E-state index >= 15 is 0 Å². The Morgan fingerprint density at radius 1 is 1.11 bits per heavy atom. The van der Waals surface area contributed by atoms with Crippen molar-refractivity contribution in [3.05, 3.63) is 62.2 Å². The van der Waals surface area contributed by atoms with E-state index in [9.17, 15) is 0 Å². The minimum Gasteiger partial charge on any atom is -0.494 e. The lowest BCUT2D eigenvalue weighted by atomic mass is 10.1. The molecule has 0 heterocycles. The van der Waals surface area contributed by atoms with E-state index < -0.39 is 0 Å². The third kappa shape index (κ3) is 3.39. The summed E-state index contributed by atoms with van der Waals surface area (Å²) in [4.78, 5) is 0. The minimum atomic E-state index is 0.696. The minimum absolute atomic E-state index is 0.696. The highest BCUT2D eigenvalue weighted by Gasteiger charge is 2.05. The van der Waals surface area contributed by atoms with Gasteiger partial charge in [-0.2, -0.15) is 0 Å². The maximum Gasteiger partial charge on any atom is 0.119 e. The summed E-state index contributed by atoms with van der Waals surface area (Å²) in [5, 5.41) is 0.854. The number of rotatable bonds is 4. The zero-order valence-corrected chi connectivity index (χ0v) is 13.0. The molecule has 2 aromatic carbocycles. The Morgan fingerprint density at radius 2 is 1.83 bits per heavy atom. The molecule has 2 rings (SSSR count). The van der Waals surface area contributed by atoms with Gasteiger partial charge in [0.05, 0.1) is 11.6 Å². The van der Waals surface area contributed by atoms with Crippen molar-refractivity contribution in [2.75, 3.05) is 6.61 Å². The van der Waals surface area contributed by atoms with E-state index in [2.05, 4.69) is 40.8 Å². The van der Waals surface area contributed by atoms with Crippen molar-refractivity contribution in [1.82, 2.24) is 0 Å². The standard InChI is InChI=1S/C15H14ClIO/c1-2-18-13-8-6-11(7-9-13)10-12-4-3-5-14(17)15(12)16/h3-9H,2,10H2,1H3. The molecule has 0 saturated heterocycles. The summed E-state index contributed by atoms with van der Waals surface area (Å²) >= 11 is 8.55. The Morgan fingerprint density at radius 3 is 2.50 bits per heavy atom. The molecule has 0 bridgehead atoms. The quantitative estimate of drug-likeness (QED) is 0.691. The lowest BCUT2D eigenvalue weighted by Gasteiger charge is -2.07. The van der Waals surface area contributed by atoms with Crippen LogP contribution in [0, 0.1) is 3.57 Å². The summed E-state index contributed by atoms with van der Waals surface area (Å²) in [6.45, 7) is 2.68. The van der Waals surface area contributed by atoms with Crippen molar-refractivity contribution >= 4 is 34.2 Å². The molecule has 2 aromatic rings. The van der Waals surface area contributed by atoms with Crippen molar-refractivity contribution in [1.29, 1.82) is 0 Å². The monoisotopic (exact) mass is 372 g/mol. The molecule has 0 spiro atoms. The molecule has 0 radical (unpaired) electrons. The fourth-order valence-electron chi connectivity index (χ4n) is 1.78. The average Bonchev–Trinajstić information content (AvgIpc) is 2.38. The molecule has 0 aliphatic rings. The van der Waals surface area contributed by atoms with Crippen LogP contribution in [-0.2, 0) is 6.42 Å². The molecule has 94 valence electrons. The van der Waals surface area contributed by atoms with Crippen LogP contribution in [0.4, 0.5) is 0 Å². The molecule has 0 aromatic heterocycles. The lowest BCUT2D eigenvalue weighted by Crippen LogP contribution is -1.93. The summed E-state index contributed by atoms with van der Waals surface area (Å²) in [6, 6.07) is 14.3. The summed E-state index contributed by atoms with van der Waals surface area (Å²) < 4.78 is 6.52. The fourth-order valence-corrected chi connectivity index (χ4v) is 2.52. The molecule has 0 unspecified atom stereocenters. The van der Waals surface area contributed by atoms with Crippen LogP contribution in [0.3, 0.4) is 0 Å². The second-order valence-corrected chi connectivity index (χ2v) is 5.51. The first kappa shape index (κ1) is 13.7. The maximum absolute atomic E-state index is 6.29. The average molecular weight is 373 g/mol. The van der Waals surface area contributed by atoms with E-state index in [-0.39, 0.29) is 0 Å². The van der Waals surface area contributed by atoms with Gasteiger partial charge in [-0.25, -0.2) is 0 Å². The smallest absolute Gasteiger partial charge is 0.119 e. The largest absolute Gasteiger partial charge is 0.494 e. The van der Waals surface area contributed by atoms with Crippen LogP contribution in [0.5, 0.6) is 5.75 Å². The Balaban J connectivity index is 2.16. The Bertz CT molecular complexity index is 523. The van der Waals surface area contributed by atoms with Gasteiger partial charge in [-0.05, 0) is 65.3 Å². The first-order chi connectivity index (χ1) is 8.70. The van der Waals surface area contributed by atoms with Gasteiger partial charge in [0.15, 0.2) is 0 Å². The second-order valence-electron chi connectivity index (χ2n) is 3.97. The predicted octanol–water partition coefficient (Wildman–Crippen LogP) is 4.93. The van der Waals surface area contributed by atoms with Gasteiger partial charge in [0.2, 0.25) is 0 Å². The molecule has 0 saturated carbocycles. The molecule has 3 heteroatoms. The summed E-state index contributed by atoms with van der Waals surface area (Å²) in [5.41, 5.74) is 2.40. The molecule has 0 fully saturated rings. The third-order valence-electron chi connectivity index (χ3n) is 2.66. The van der Waals surface area contributed by atoms with Crippen molar-refractivity contribution in [3.8, 4) is 5.75 Å². The molecule has 0 amide bonds. The molecule has 1 nitrogen and oxygen atoms in total. The van der Waals surface area contributed by atoms with Gasteiger partial charge >= 0.3 is 0 Å². The Hall–Kier alpha value is -0.740. The topological polar surface area (TPSA) is 9.23 Å². The molecule has 18 heavy (non-hydrogen) atoms. The highest BCUT2D eigenvalue weighted by Crippen LogP contribution is 2.25. The normalized spacial score (nSPS) is 10.4. The molecular weight excluding hydrogens is 359 g/mol. The second kappa shape index (κ2) is 6.43. The van der Waals surface area contributed by atoms with E-state index in [0.29, 0.717) is 6.61 Å². The van der Waals surface area contributed by atoms with Gasteiger partial charge in [-0.3, -0.25) is 0 Å². The number of hydrogen-bond donors (Lipinski definition) is 0. The van der Waals surface area contributed by atoms with E-state index in [1.165, 1.54) is 5.56 Å². The fraction of sp³-hybridized carbons (Fsp3) is 0.200. The van der Waals surface area contributed by atoms with Gasteiger partial charge in [-0.1, -0.05) is 35.9 Å². The Kier molecular flexibility index (Phi) is 4.89. The van der Waals surface area contributed by atoms with Crippen LogP contribution in [0.1, 0.15) is 18.1 Å². The van der Waals surface area contributed by atoms with E-state index in [1.54, 1.807) is 0 Å². The van der Waals surface area contributed by atoms with Gasteiger partial charge in [0, 0.05) is 3.57 Å². The van der Waals surface area contributed by atoms with Gasteiger partial charge in [-0.15, -0.1) is 0 Å². The maximum atomic E-state index is 6.29. The van der Waals surface area contributed by atoms with Crippen LogP contribution in [0.2, 0.25) is 5.02 Å². The third-order valence-corrected chi connectivity index (χ3v) is 4.32. The van der Waals surface area contributed by atoms with E-state index in [0.717, 1.165) is 26.3 Å². The SMILES string of the molecule is CCOc1ccc(Cc2cccc(I)c2Cl)cc1. The molecule has 0 N–H and O–H groups in total. The van der Waals surface area contributed by atoms with Crippen LogP contribution in [0.25, 0.3) is 0 Å². The molecule has 0 aliphatic heterocycles. The highest BCUT2D eigenvalue weighted by atomic mass is 127. The first-order valence-electron chi connectivity index (χ1n) is 5.85. The van der Waals surface area contributed by atoms with Gasteiger partial charge in [0.1, 0.15) is 5.75 Å². The molecular formula is C15H14ClIO. The summed E-state index contributed by atoms with van der Waals surface area (Å²) in [6.07, 6.45) is 0.849. The van der Waals surface area contributed by atoms with Crippen LogP contribution in [0.15, 0.2) is 42.5 Å². The molecule has 0 aliphatic carbocycles. The van der Waals surface area contributed by atoms with Crippen LogP contribution >= 0.6 is 34.2 Å². The van der Waals surface area contributed by atoms with Crippen molar-refractivity contribution in [2.24, 2.45) is 0 Å². The van der Waals surface area contributed by atoms with E-state index in [4.69, 9.17) is 16.3 Å². The number of halogens is 2. The first-order valence-corrected chi connectivity index (χ1v) is 7.31. The van der Waals surface area contributed by atoms with Crippen molar-refractivity contribution in [2.45, 2.75) is 13.3 Å². The number of hydrogen-bond acceptors (Lipinski definition) is 1. The van der Waals surface area contributed by atoms with Gasteiger partial charge in [0.25, 0.3) is 0 Å². The van der Waals surface area contributed by atoms with Gasteiger partial charge < -0.3 is 4.74 Å². The lowest BCUT2D eigenvalue weighted by molar-refractivity contribution is 0.340. The van der Waals surface area contributed by atoms with Crippen molar-refractivity contribution in [3.63, 3.8) is 0 Å². The van der Waals surface area contributed by atoms with Crippen LogP contribution < -0.4 is 4.74 Å².